The Labute approximate surface area is 132 Å². The fourth-order valence-electron chi connectivity index (χ4n) is 3.47. The lowest BCUT2D eigenvalue weighted by Gasteiger charge is -2.43. The molecule has 1 rings (SSSR count). The second-order valence-electron chi connectivity index (χ2n) is 7.32. The van der Waals surface area contributed by atoms with E-state index >= 15 is 0 Å². The van der Waals surface area contributed by atoms with Crippen LogP contribution in [0.15, 0.2) is 0 Å². The molecule has 0 saturated heterocycles. The minimum atomic E-state index is 0.472. The van der Waals surface area contributed by atoms with Gasteiger partial charge in [-0.05, 0) is 31.6 Å². The molecule has 1 fully saturated rings. The number of hydrogen-bond acceptors (Lipinski definition) is 3. The largest absolute Gasteiger partial charge is 0.383 e. The Kier molecular flexibility index (Phi) is 8.84. The van der Waals surface area contributed by atoms with Crippen LogP contribution in [0.2, 0.25) is 0 Å². The maximum atomic E-state index is 5.33. The third-order valence-corrected chi connectivity index (χ3v) is 5.13. The molecule has 0 aliphatic heterocycles. The van der Waals surface area contributed by atoms with Crippen LogP contribution in [-0.4, -0.2) is 50.3 Å². The molecule has 0 radical (unpaired) electrons. The van der Waals surface area contributed by atoms with Crippen LogP contribution < -0.4 is 5.32 Å². The van der Waals surface area contributed by atoms with Crippen LogP contribution in [0.3, 0.4) is 0 Å². The van der Waals surface area contributed by atoms with Crippen molar-refractivity contribution in [3.8, 4) is 0 Å². The van der Waals surface area contributed by atoms with Crippen LogP contribution in [0.25, 0.3) is 0 Å². The lowest BCUT2D eigenvalue weighted by molar-refractivity contribution is 0.0548. The van der Waals surface area contributed by atoms with E-state index in [1.54, 1.807) is 0 Å². The molecule has 126 valence electrons. The molecule has 0 bridgehead atoms. The summed E-state index contributed by atoms with van der Waals surface area (Å²) in [4.78, 5) is 2.66. The minimum Gasteiger partial charge on any atom is -0.383 e. The molecule has 3 nitrogen and oxygen atoms in total. The van der Waals surface area contributed by atoms with Crippen LogP contribution in [-0.2, 0) is 4.74 Å². The van der Waals surface area contributed by atoms with E-state index in [9.17, 15) is 0 Å². The summed E-state index contributed by atoms with van der Waals surface area (Å²) < 4.78 is 5.33. The van der Waals surface area contributed by atoms with Gasteiger partial charge < -0.3 is 10.1 Å². The molecule has 0 aromatic heterocycles. The SMILES string of the molecule is CCC(C)N(CCOC)CC1(CNC(C)C)CCCCC1. The molecule has 1 N–H and O–H groups in total. The Morgan fingerprint density at radius 1 is 1.14 bits per heavy atom. The first-order chi connectivity index (χ1) is 10.0. The monoisotopic (exact) mass is 298 g/mol. The van der Waals surface area contributed by atoms with Gasteiger partial charge in [-0.2, -0.15) is 0 Å². The molecule has 1 atom stereocenters. The maximum Gasteiger partial charge on any atom is 0.0589 e. The summed E-state index contributed by atoms with van der Waals surface area (Å²) in [6.45, 7) is 13.5. The second-order valence-corrected chi connectivity index (χ2v) is 7.32. The van der Waals surface area contributed by atoms with E-state index in [1.165, 1.54) is 51.6 Å². The highest BCUT2D eigenvalue weighted by Crippen LogP contribution is 2.37. The highest BCUT2D eigenvalue weighted by molar-refractivity contribution is 4.89. The zero-order valence-electron chi connectivity index (χ0n) is 15.1. The maximum absolute atomic E-state index is 5.33. The van der Waals surface area contributed by atoms with Gasteiger partial charge in [-0.15, -0.1) is 0 Å². The van der Waals surface area contributed by atoms with Crippen molar-refractivity contribution in [2.24, 2.45) is 5.41 Å². The van der Waals surface area contributed by atoms with E-state index in [4.69, 9.17) is 4.74 Å². The third-order valence-electron chi connectivity index (χ3n) is 5.13. The summed E-state index contributed by atoms with van der Waals surface area (Å²) >= 11 is 0. The predicted octanol–water partition coefficient (Wildman–Crippen LogP) is 3.68. The second kappa shape index (κ2) is 9.81. The van der Waals surface area contributed by atoms with E-state index in [-0.39, 0.29) is 0 Å². The lowest BCUT2D eigenvalue weighted by atomic mass is 9.73. The molecule has 0 aromatic carbocycles. The van der Waals surface area contributed by atoms with Crippen molar-refractivity contribution in [1.29, 1.82) is 0 Å². The van der Waals surface area contributed by atoms with Crippen molar-refractivity contribution >= 4 is 0 Å². The molecule has 1 aliphatic carbocycles. The number of methoxy groups -OCH3 is 1. The summed E-state index contributed by atoms with van der Waals surface area (Å²) in [6.07, 6.45) is 8.21. The molecular formula is C18H38N2O. The normalized spacial score (nSPS) is 20.1. The topological polar surface area (TPSA) is 24.5 Å². The van der Waals surface area contributed by atoms with Crippen molar-refractivity contribution in [2.75, 3.05) is 33.4 Å². The van der Waals surface area contributed by atoms with Crippen molar-refractivity contribution in [3.63, 3.8) is 0 Å². The molecule has 3 heteroatoms. The van der Waals surface area contributed by atoms with Crippen molar-refractivity contribution in [1.82, 2.24) is 10.2 Å². The fourth-order valence-corrected chi connectivity index (χ4v) is 3.47. The molecule has 1 unspecified atom stereocenters. The number of nitrogens with one attached hydrogen (secondary N) is 1. The van der Waals surface area contributed by atoms with Crippen molar-refractivity contribution < 1.29 is 4.74 Å². The first kappa shape index (κ1) is 18.9. The number of nitrogens with zero attached hydrogens (tertiary/aromatic N) is 1. The zero-order valence-corrected chi connectivity index (χ0v) is 15.1. The Hall–Kier alpha value is -0.120. The van der Waals surface area contributed by atoms with Crippen LogP contribution in [0.4, 0.5) is 0 Å². The van der Waals surface area contributed by atoms with E-state index in [0.29, 0.717) is 17.5 Å². The average Bonchev–Trinajstić information content (AvgIpc) is 2.49. The molecule has 1 aliphatic rings. The summed E-state index contributed by atoms with van der Waals surface area (Å²) in [5.74, 6) is 0. The van der Waals surface area contributed by atoms with Crippen molar-refractivity contribution in [2.45, 2.75) is 78.3 Å². The third kappa shape index (κ3) is 6.66. The number of rotatable bonds is 10. The molecule has 21 heavy (non-hydrogen) atoms. The van der Waals surface area contributed by atoms with E-state index in [0.717, 1.165) is 13.2 Å². The quantitative estimate of drug-likeness (QED) is 0.666. The van der Waals surface area contributed by atoms with Gasteiger partial charge in [0.05, 0.1) is 6.61 Å². The van der Waals surface area contributed by atoms with Gasteiger partial charge in [-0.3, -0.25) is 4.90 Å². The molecule has 0 aromatic rings. The van der Waals surface area contributed by atoms with Crippen LogP contribution in [0.1, 0.15) is 66.2 Å². The highest BCUT2D eigenvalue weighted by Gasteiger charge is 2.34. The van der Waals surface area contributed by atoms with Crippen molar-refractivity contribution in [3.05, 3.63) is 0 Å². The average molecular weight is 299 g/mol. The molecule has 0 heterocycles. The fraction of sp³-hybridized carbons (Fsp3) is 1.00. The Morgan fingerprint density at radius 2 is 1.81 bits per heavy atom. The van der Waals surface area contributed by atoms with Gasteiger partial charge >= 0.3 is 0 Å². The molecular weight excluding hydrogens is 260 g/mol. The summed E-state index contributed by atoms with van der Waals surface area (Å²) in [5, 5.41) is 3.72. The van der Waals surface area contributed by atoms with Crippen LogP contribution in [0, 0.1) is 5.41 Å². The number of ether oxygens (including phenoxy) is 1. The summed E-state index contributed by atoms with van der Waals surface area (Å²) in [6, 6.07) is 1.23. The molecule has 0 amide bonds. The lowest BCUT2D eigenvalue weighted by Crippen LogP contribution is -2.49. The van der Waals surface area contributed by atoms with E-state index in [2.05, 4.69) is 37.9 Å². The smallest absolute Gasteiger partial charge is 0.0589 e. The van der Waals surface area contributed by atoms with E-state index < -0.39 is 0 Å². The minimum absolute atomic E-state index is 0.472. The Balaban J connectivity index is 2.70. The Morgan fingerprint density at radius 3 is 2.33 bits per heavy atom. The van der Waals surface area contributed by atoms with Gasteiger partial charge in [0, 0.05) is 38.8 Å². The van der Waals surface area contributed by atoms with Gasteiger partial charge in [-0.25, -0.2) is 0 Å². The first-order valence-electron chi connectivity index (χ1n) is 8.99. The van der Waals surface area contributed by atoms with Gasteiger partial charge in [0.1, 0.15) is 0 Å². The van der Waals surface area contributed by atoms with Gasteiger partial charge in [0.25, 0.3) is 0 Å². The first-order valence-corrected chi connectivity index (χ1v) is 8.99. The summed E-state index contributed by atoms with van der Waals surface area (Å²) in [5.41, 5.74) is 0.472. The van der Waals surface area contributed by atoms with Gasteiger partial charge in [0.2, 0.25) is 0 Å². The predicted molar refractivity (Wildman–Crippen MR) is 91.9 cm³/mol. The van der Waals surface area contributed by atoms with Gasteiger partial charge in [0.15, 0.2) is 0 Å². The van der Waals surface area contributed by atoms with Crippen LogP contribution >= 0.6 is 0 Å². The number of hydrogen-bond donors (Lipinski definition) is 1. The zero-order chi connectivity index (χ0) is 15.7. The molecule has 0 spiro atoms. The summed E-state index contributed by atoms with van der Waals surface area (Å²) in [7, 11) is 1.81. The molecule has 1 saturated carbocycles. The van der Waals surface area contributed by atoms with Crippen LogP contribution in [0.5, 0.6) is 0 Å². The van der Waals surface area contributed by atoms with E-state index in [1.807, 2.05) is 7.11 Å². The van der Waals surface area contributed by atoms with Gasteiger partial charge in [-0.1, -0.05) is 40.0 Å². The Bertz CT molecular complexity index is 262. The standard InChI is InChI=1S/C18H38N2O/c1-6-17(4)20(12-13-21-5)15-18(14-19-16(2)3)10-8-7-9-11-18/h16-17,19H,6-15H2,1-5H3. The highest BCUT2D eigenvalue weighted by atomic mass is 16.5.